The van der Waals surface area contributed by atoms with Crippen molar-refractivity contribution in [3.63, 3.8) is 0 Å². The summed E-state index contributed by atoms with van der Waals surface area (Å²) in [4.78, 5) is 42.4. The largest absolute Gasteiger partial charge is 0.435 e. The Morgan fingerprint density at radius 2 is 1.97 bits per heavy atom. The van der Waals surface area contributed by atoms with Crippen LogP contribution in [0.2, 0.25) is 0 Å². The first-order valence-corrected chi connectivity index (χ1v) is 12.2. The van der Waals surface area contributed by atoms with E-state index in [0.29, 0.717) is 37.7 Å². The van der Waals surface area contributed by atoms with Gasteiger partial charge in [-0.1, -0.05) is 0 Å². The Morgan fingerprint density at radius 3 is 2.63 bits per heavy atom. The molecule has 0 unspecified atom stereocenters. The zero-order valence-electron chi connectivity index (χ0n) is 20.6. The van der Waals surface area contributed by atoms with E-state index in [1.54, 1.807) is 0 Å². The highest BCUT2D eigenvalue weighted by Gasteiger charge is 2.47. The molecule has 35 heavy (non-hydrogen) atoms. The molecular formula is C24H34N6O5. The number of likely N-dealkylation sites (N-methyl/N-ethyl adjacent to an activating group) is 1. The summed E-state index contributed by atoms with van der Waals surface area (Å²) >= 11 is 0. The van der Waals surface area contributed by atoms with Gasteiger partial charge in [-0.25, -0.2) is 15.2 Å². The summed E-state index contributed by atoms with van der Waals surface area (Å²) in [5, 5.41) is 9.50. The van der Waals surface area contributed by atoms with Crippen molar-refractivity contribution in [3.8, 4) is 0 Å². The Kier molecular flexibility index (Phi) is 7.54. The number of amides is 3. The third-order valence-corrected chi connectivity index (χ3v) is 7.08. The van der Waals surface area contributed by atoms with Crippen LogP contribution in [0.4, 0.5) is 10.6 Å². The SMILES string of the molecule is CNC(=O)C(=O)N[C@@H](C)CC1CCC2(CC1)OC(=O)NN=C2c1cnc(N2CCOCC2)cc1C. The van der Waals surface area contributed by atoms with Gasteiger partial charge < -0.3 is 25.0 Å². The highest BCUT2D eigenvalue weighted by Crippen LogP contribution is 2.41. The molecule has 0 radical (unpaired) electrons. The quantitative estimate of drug-likeness (QED) is 0.533. The van der Waals surface area contributed by atoms with Crippen molar-refractivity contribution in [2.24, 2.45) is 11.0 Å². The van der Waals surface area contributed by atoms with Crippen LogP contribution in [0.3, 0.4) is 0 Å². The lowest BCUT2D eigenvalue weighted by atomic mass is 9.72. The van der Waals surface area contributed by atoms with Crippen molar-refractivity contribution in [2.45, 2.75) is 57.6 Å². The third kappa shape index (κ3) is 5.55. The smallest absolute Gasteiger partial charge is 0.428 e. The summed E-state index contributed by atoms with van der Waals surface area (Å²) < 4.78 is 11.3. The highest BCUT2D eigenvalue weighted by atomic mass is 16.6. The summed E-state index contributed by atoms with van der Waals surface area (Å²) in [6.07, 6.45) is 4.90. The van der Waals surface area contributed by atoms with Crippen LogP contribution in [0.25, 0.3) is 0 Å². The van der Waals surface area contributed by atoms with E-state index in [9.17, 15) is 14.4 Å². The molecule has 1 aliphatic carbocycles. The van der Waals surface area contributed by atoms with Gasteiger partial charge in [-0.3, -0.25) is 9.59 Å². The topological polar surface area (TPSA) is 134 Å². The average molecular weight is 487 g/mol. The number of carbonyl (C=O) groups is 3. The monoisotopic (exact) mass is 486 g/mol. The number of ether oxygens (including phenoxy) is 2. The number of hydrazone groups is 1. The number of nitrogens with one attached hydrogen (secondary N) is 3. The molecule has 11 heteroatoms. The maximum Gasteiger partial charge on any atom is 0.428 e. The maximum absolute atomic E-state index is 12.2. The third-order valence-electron chi connectivity index (χ3n) is 7.08. The number of morpholine rings is 1. The van der Waals surface area contributed by atoms with Crippen LogP contribution in [0, 0.1) is 12.8 Å². The van der Waals surface area contributed by atoms with E-state index in [-0.39, 0.29) is 6.04 Å². The van der Waals surface area contributed by atoms with Crippen molar-refractivity contribution in [1.82, 2.24) is 21.0 Å². The molecule has 11 nitrogen and oxygen atoms in total. The van der Waals surface area contributed by atoms with Crippen LogP contribution in [0.15, 0.2) is 17.4 Å². The van der Waals surface area contributed by atoms with Gasteiger partial charge in [-0.2, -0.15) is 5.10 Å². The van der Waals surface area contributed by atoms with Crippen molar-refractivity contribution in [2.75, 3.05) is 38.3 Å². The molecule has 2 aliphatic heterocycles. The van der Waals surface area contributed by atoms with E-state index in [2.05, 4.69) is 37.1 Å². The molecule has 3 aliphatic rings. The number of anilines is 1. The lowest BCUT2D eigenvalue weighted by Gasteiger charge is -2.42. The van der Waals surface area contributed by atoms with Crippen LogP contribution in [0.1, 0.15) is 50.2 Å². The summed E-state index contributed by atoms with van der Waals surface area (Å²) in [7, 11) is 1.43. The molecule has 3 N–H and O–H groups in total. The van der Waals surface area contributed by atoms with Gasteiger partial charge in [0.15, 0.2) is 5.60 Å². The fourth-order valence-electron chi connectivity index (χ4n) is 5.19. The molecule has 1 saturated heterocycles. The molecule has 1 spiro atoms. The van der Waals surface area contributed by atoms with Crippen molar-refractivity contribution in [1.29, 1.82) is 0 Å². The predicted molar refractivity (Wildman–Crippen MR) is 129 cm³/mol. The zero-order valence-corrected chi connectivity index (χ0v) is 20.6. The fourth-order valence-corrected chi connectivity index (χ4v) is 5.19. The van der Waals surface area contributed by atoms with Crippen LogP contribution >= 0.6 is 0 Å². The molecule has 1 aromatic rings. The second kappa shape index (κ2) is 10.6. The molecule has 1 atom stereocenters. The molecule has 0 bridgehead atoms. The molecule has 3 heterocycles. The minimum absolute atomic E-state index is 0.137. The number of carbonyl (C=O) groups excluding carboxylic acids is 3. The van der Waals surface area contributed by atoms with Crippen LogP contribution in [-0.4, -0.2) is 73.6 Å². The number of hydrogen-bond acceptors (Lipinski definition) is 8. The van der Waals surface area contributed by atoms with Crippen LogP contribution in [0.5, 0.6) is 0 Å². The Balaban J connectivity index is 1.45. The second-order valence-electron chi connectivity index (χ2n) is 9.55. The Hall–Kier alpha value is -3.21. The van der Waals surface area contributed by atoms with Gasteiger partial charge in [0.05, 0.1) is 13.2 Å². The molecule has 2 fully saturated rings. The molecular weight excluding hydrogens is 452 g/mol. The highest BCUT2D eigenvalue weighted by molar-refractivity contribution is 6.35. The van der Waals surface area contributed by atoms with E-state index in [1.807, 2.05) is 20.0 Å². The van der Waals surface area contributed by atoms with Crippen molar-refractivity contribution in [3.05, 3.63) is 23.4 Å². The van der Waals surface area contributed by atoms with Gasteiger partial charge in [-0.05, 0) is 63.5 Å². The fraction of sp³-hybridized carbons (Fsp3) is 0.625. The van der Waals surface area contributed by atoms with E-state index >= 15 is 0 Å². The standard InChI is InChI=1S/C24H34N6O5/c1-15-12-19(30-8-10-34-11-9-30)26-14-18(15)20-24(35-23(33)29-28-20)6-4-17(5-7-24)13-16(2)27-22(32)21(31)25-3/h12,14,16-17H,4-11,13H2,1-3H3,(H,25,31)(H,27,32)(H,29,33)/t16-,17?,24?/m0/s1. The summed E-state index contributed by atoms with van der Waals surface area (Å²) in [5.41, 5.74) is 4.26. The van der Waals surface area contributed by atoms with Gasteiger partial charge in [0, 0.05) is 37.9 Å². The number of pyridine rings is 1. The lowest BCUT2D eigenvalue weighted by Crippen LogP contribution is -2.53. The molecule has 1 saturated carbocycles. The van der Waals surface area contributed by atoms with Crippen molar-refractivity contribution >= 4 is 29.4 Å². The predicted octanol–water partition coefficient (Wildman–Crippen LogP) is 1.24. The van der Waals surface area contributed by atoms with Gasteiger partial charge >= 0.3 is 17.9 Å². The van der Waals surface area contributed by atoms with E-state index in [1.165, 1.54) is 7.05 Å². The van der Waals surface area contributed by atoms with E-state index in [0.717, 1.165) is 49.3 Å². The number of rotatable bonds is 5. The number of hydrogen-bond donors (Lipinski definition) is 3. The molecule has 1 aromatic heterocycles. The zero-order chi connectivity index (χ0) is 25.0. The molecule has 3 amide bonds. The summed E-state index contributed by atoms with van der Waals surface area (Å²) in [6.45, 7) is 6.91. The second-order valence-corrected chi connectivity index (χ2v) is 9.55. The van der Waals surface area contributed by atoms with Gasteiger partial charge in [0.25, 0.3) is 0 Å². The first kappa shape index (κ1) is 24.9. The van der Waals surface area contributed by atoms with Gasteiger partial charge in [0.2, 0.25) is 0 Å². The minimum atomic E-state index is -0.805. The van der Waals surface area contributed by atoms with E-state index in [4.69, 9.17) is 9.47 Å². The molecule has 0 aromatic carbocycles. The summed E-state index contributed by atoms with van der Waals surface area (Å²) in [6, 6.07) is 1.91. The number of aromatic nitrogens is 1. The Labute approximate surface area is 205 Å². The van der Waals surface area contributed by atoms with Crippen molar-refractivity contribution < 1.29 is 23.9 Å². The molecule has 4 rings (SSSR count). The Bertz CT molecular complexity index is 998. The van der Waals surface area contributed by atoms with Crippen LogP contribution < -0.4 is 21.0 Å². The maximum atomic E-state index is 12.2. The summed E-state index contributed by atoms with van der Waals surface area (Å²) in [5.74, 6) is -0.0390. The Morgan fingerprint density at radius 1 is 1.26 bits per heavy atom. The number of nitrogens with zero attached hydrogens (tertiary/aromatic N) is 3. The lowest BCUT2D eigenvalue weighted by molar-refractivity contribution is -0.139. The van der Waals surface area contributed by atoms with Crippen LogP contribution in [-0.2, 0) is 19.1 Å². The van der Waals surface area contributed by atoms with Gasteiger partial charge in [-0.15, -0.1) is 0 Å². The molecule has 190 valence electrons. The normalized spacial score (nSPS) is 25.2. The first-order chi connectivity index (χ1) is 16.8. The minimum Gasteiger partial charge on any atom is -0.435 e. The average Bonchev–Trinajstić information content (AvgIpc) is 2.86. The first-order valence-electron chi connectivity index (χ1n) is 12.2. The van der Waals surface area contributed by atoms with Gasteiger partial charge in [0.1, 0.15) is 11.5 Å². The van der Waals surface area contributed by atoms with E-state index < -0.39 is 23.5 Å². The number of aryl methyl sites for hydroxylation is 1.